The van der Waals surface area contributed by atoms with Gasteiger partial charge < -0.3 is 14.6 Å². The SMILES string of the molecule is Cc1c(O)ccc2c(-c3ccccc3C(=O)O)c3ccc(=O)cc-3oc12. The first-order valence-electron chi connectivity index (χ1n) is 7.99. The fourth-order valence-corrected chi connectivity index (χ4v) is 3.24. The van der Waals surface area contributed by atoms with Gasteiger partial charge in [0.25, 0.3) is 0 Å². The second kappa shape index (κ2) is 5.74. The summed E-state index contributed by atoms with van der Waals surface area (Å²) in [6, 6.07) is 14.4. The summed E-state index contributed by atoms with van der Waals surface area (Å²) in [5.74, 6) is -0.635. The topological polar surface area (TPSA) is 87.7 Å². The number of carboxylic acids is 1. The summed E-state index contributed by atoms with van der Waals surface area (Å²) in [4.78, 5) is 23.5. The minimum Gasteiger partial charge on any atom is -0.508 e. The third-order valence-corrected chi connectivity index (χ3v) is 4.51. The number of hydrogen-bond donors (Lipinski definition) is 2. The number of phenolic OH excluding ortho intramolecular Hbond substituents is 1. The summed E-state index contributed by atoms with van der Waals surface area (Å²) in [7, 11) is 0. The molecule has 4 rings (SSSR count). The number of fused-ring (bicyclic) bond motifs is 2. The van der Waals surface area contributed by atoms with Crippen molar-refractivity contribution >= 4 is 16.9 Å². The number of aromatic hydroxyl groups is 1. The summed E-state index contributed by atoms with van der Waals surface area (Å²) in [6.45, 7) is 1.71. The van der Waals surface area contributed by atoms with E-state index in [4.69, 9.17) is 4.42 Å². The third kappa shape index (κ3) is 2.33. The van der Waals surface area contributed by atoms with Crippen molar-refractivity contribution in [3.8, 4) is 28.2 Å². The van der Waals surface area contributed by atoms with Crippen LogP contribution in [0.25, 0.3) is 33.4 Å². The maximum absolute atomic E-state index is 11.8. The summed E-state index contributed by atoms with van der Waals surface area (Å²) >= 11 is 0. The second-order valence-corrected chi connectivity index (χ2v) is 6.07. The van der Waals surface area contributed by atoms with E-state index < -0.39 is 5.97 Å². The predicted molar refractivity (Wildman–Crippen MR) is 97.9 cm³/mol. The standard InChI is InChI=1S/C21H14O5/c1-11-17(23)9-8-16-19(13-4-2-3-5-14(13)21(24)25)15-7-6-12(22)10-18(15)26-20(11)16/h2-10,23H,1H3,(H,24,25). The molecule has 26 heavy (non-hydrogen) atoms. The van der Waals surface area contributed by atoms with Crippen molar-refractivity contribution in [3.05, 3.63) is 75.9 Å². The first-order valence-corrected chi connectivity index (χ1v) is 7.99. The summed E-state index contributed by atoms with van der Waals surface area (Å²) in [5, 5.41) is 20.3. The lowest BCUT2D eigenvalue weighted by Gasteiger charge is -2.17. The van der Waals surface area contributed by atoms with Crippen LogP contribution in [0.2, 0.25) is 0 Å². The molecule has 5 heteroatoms. The summed E-state index contributed by atoms with van der Waals surface area (Å²) in [5.41, 5.74) is 2.69. The van der Waals surface area contributed by atoms with Crippen LogP contribution in [0, 0.1) is 6.92 Å². The van der Waals surface area contributed by atoms with Crippen LogP contribution >= 0.6 is 0 Å². The maximum atomic E-state index is 11.8. The van der Waals surface area contributed by atoms with Gasteiger partial charge in [0.15, 0.2) is 5.43 Å². The lowest BCUT2D eigenvalue weighted by atomic mass is 9.90. The van der Waals surface area contributed by atoms with E-state index in [0.29, 0.717) is 39.0 Å². The van der Waals surface area contributed by atoms with E-state index in [1.54, 1.807) is 43.3 Å². The Morgan fingerprint density at radius 2 is 1.77 bits per heavy atom. The maximum Gasteiger partial charge on any atom is 0.336 e. The molecule has 0 amide bonds. The number of carboxylic acid groups (broad SMARTS) is 1. The first kappa shape index (κ1) is 15.9. The number of aryl methyl sites for hydroxylation is 1. The van der Waals surface area contributed by atoms with Crippen molar-refractivity contribution in [1.29, 1.82) is 0 Å². The van der Waals surface area contributed by atoms with E-state index >= 15 is 0 Å². The van der Waals surface area contributed by atoms with E-state index in [0.717, 1.165) is 0 Å². The molecule has 5 nitrogen and oxygen atoms in total. The lowest BCUT2D eigenvalue weighted by molar-refractivity contribution is 0.0697. The molecule has 0 aromatic heterocycles. The van der Waals surface area contributed by atoms with Crippen molar-refractivity contribution in [2.45, 2.75) is 6.92 Å². The Hall–Kier alpha value is -3.60. The van der Waals surface area contributed by atoms with Crippen LogP contribution in [0.4, 0.5) is 0 Å². The Morgan fingerprint density at radius 1 is 1.00 bits per heavy atom. The molecule has 0 unspecified atom stereocenters. The molecule has 0 radical (unpaired) electrons. The molecule has 1 heterocycles. The normalized spacial score (nSPS) is 11.1. The Labute approximate surface area is 148 Å². The van der Waals surface area contributed by atoms with Crippen molar-refractivity contribution in [1.82, 2.24) is 0 Å². The number of aromatic carboxylic acids is 1. The van der Waals surface area contributed by atoms with Crippen molar-refractivity contribution in [2.75, 3.05) is 0 Å². The zero-order valence-electron chi connectivity index (χ0n) is 13.8. The molecule has 0 saturated carbocycles. The molecule has 0 spiro atoms. The Morgan fingerprint density at radius 3 is 2.54 bits per heavy atom. The number of rotatable bonds is 2. The molecule has 0 saturated heterocycles. The van der Waals surface area contributed by atoms with Gasteiger partial charge >= 0.3 is 5.97 Å². The molecule has 0 atom stereocenters. The van der Waals surface area contributed by atoms with Crippen LogP contribution in [-0.2, 0) is 0 Å². The molecular weight excluding hydrogens is 332 g/mol. The van der Waals surface area contributed by atoms with Gasteiger partial charge in [0.2, 0.25) is 0 Å². The van der Waals surface area contributed by atoms with E-state index in [2.05, 4.69) is 0 Å². The van der Waals surface area contributed by atoms with Crippen molar-refractivity contribution in [3.63, 3.8) is 0 Å². The van der Waals surface area contributed by atoms with Crippen LogP contribution < -0.4 is 5.43 Å². The molecular formula is C21H14O5. The van der Waals surface area contributed by atoms with E-state index in [-0.39, 0.29) is 16.7 Å². The van der Waals surface area contributed by atoms with Crippen LogP contribution in [0.15, 0.2) is 63.8 Å². The Kier molecular flexibility index (Phi) is 3.51. The first-order chi connectivity index (χ1) is 12.5. The zero-order valence-corrected chi connectivity index (χ0v) is 13.8. The Bertz CT molecular complexity index is 1200. The number of carbonyl (C=O) groups is 1. The summed E-state index contributed by atoms with van der Waals surface area (Å²) in [6.07, 6.45) is 0. The van der Waals surface area contributed by atoms with Gasteiger partial charge in [0.05, 0.1) is 5.56 Å². The van der Waals surface area contributed by atoms with Gasteiger partial charge in [-0.25, -0.2) is 4.79 Å². The number of hydrogen-bond acceptors (Lipinski definition) is 4. The van der Waals surface area contributed by atoms with Gasteiger partial charge in [-0.15, -0.1) is 0 Å². The van der Waals surface area contributed by atoms with Crippen LogP contribution in [0.1, 0.15) is 15.9 Å². The molecule has 128 valence electrons. The summed E-state index contributed by atoms with van der Waals surface area (Å²) < 4.78 is 5.89. The smallest absolute Gasteiger partial charge is 0.336 e. The van der Waals surface area contributed by atoms with Gasteiger partial charge in [0, 0.05) is 28.1 Å². The second-order valence-electron chi connectivity index (χ2n) is 6.07. The minimum atomic E-state index is -1.04. The van der Waals surface area contributed by atoms with Crippen LogP contribution in [-0.4, -0.2) is 16.2 Å². The fraction of sp³-hybridized carbons (Fsp3) is 0.0476. The minimum absolute atomic E-state index is 0.0661. The molecule has 2 aromatic rings. The van der Waals surface area contributed by atoms with E-state index in [1.165, 1.54) is 18.2 Å². The largest absolute Gasteiger partial charge is 0.508 e. The van der Waals surface area contributed by atoms with Gasteiger partial charge in [-0.1, -0.05) is 18.2 Å². The molecule has 1 aliphatic carbocycles. The number of phenols is 1. The van der Waals surface area contributed by atoms with Crippen molar-refractivity contribution < 1.29 is 19.4 Å². The highest BCUT2D eigenvalue weighted by Crippen LogP contribution is 2.43. The van der Waals surface area contributed by atoms with E-state index in [9.17, 15) is 19.8 Å². The molecule has 0 bridgehead atoms. The highest BCUT2D eigenvalue weighted by molar-refractivity contribution is 6.08. The average molecular weight is 346 g/mol. The third-order valence-electron chi connectivity index (χ3n) is 4.51. The van der Waals surface area contributed by atoms with Crippen LogP contribution in [0.5, 0.6) is 5.75 Å². The zero-order chi connectivity index (χ0) is 18.4. The average Bonchev–Trinajstić information content (AvgIpc) is 2.63. The monoisotopic (exact) mass is 346 g/mol. The van der Waals surface area contributed by atoms with E-state index in [1.807, 2.05) is 0 Å². The number of benzene rings is 3. The molecule has 2 aliphatic rings. The van der Waals surface area contributed by atoms with Gasteiger partial charge in [0.1, 0.15) is 17.1 Å². The predicted octanol–water partition coefficient (Wildman–Crippen LogP) is 4.28. The fourth-order valence-electron chi connectivity index (χ4n) is 3.24. The Balaban J connectivity index is 2.26. The van der Waals surface area contributed by atoms with Crippen LogP contribution in [0.3, 0.4) is 0 Å². The van der Waals surface area contributed by atoms with Gasteiger partial charge in [-0.05, 0) is 42.8 Å². The highest BCUT2D eigenvalue weighted by Gasteiger charge is 2.22. The van der Waals surface area contributed by atoms with Gasteiger partial charge in [-0.2, -0.15) is 0 Å². The van der Waals surface area contributed by atoms with Gasteiger partial charge in [-0.3, -0.25) is 4.79 Å². The molecule has 1 aliphatic heterocycles. The lowest BCUT2D eigenvalue weighted by Crippen LogP contribution is -2.03. The molecule has 2 aromatic carbocycles. The van der Waals surface area contributed by atoms with Crippen molar-refractivity contribution in [2.24, 2.45) is 0 Å². The molecule has 2 N–H and O–H groups in total. The highest BCUT2D eigenvalue weighted by atomic mass is 16.4. The quantitative estimate of drug-likeness (QED) is 0.529. The molecule has 0 fully saturated rings.